The Morgan fingerprint density at radius 2 is 1.45 bits per heavy atom. The number of halogens is 2. The fourth-order valence-electron chi connectivity index (χ4n) is 2.97. The predicted molar refractivity (Wildman–Crippen MR) is 114 cm³/mol. The van der Waals surface area contributed by atoms with Crippen LogP contribution in [0.15, 0.2) is 23.3 Å². The van der Waals surface area contributed by atoms with Gasteiger partial charge in [-0.3, -0.25) is 0 Å². The van der Waals surface area contributed by atoms with E-state index in [0.29, 0.717) is 54.3 Å². The van der Waals surface area contributed by atoms with Gasteiger partial charge in [-0.15, -0.1) is 0 Å². The maximum absolute atomic E-state index is 6.04. The molecule has 4 rings (SSSR count). The van der Waals surface area contributed by atoms with Gasteiger partial charge in [0, 0.05) is 26.2 Å². The Bertz CT molecular complexity index is 835. The second-order valence-corrected chi connectivity index (χ2v) is 7.32. The molecule has 2 saturated heterocycles. The largest absolute Gasteiger partial charge is 0.378 e. The minimum Gasteiger partial charge on any atom is -0.378 e. The number of hydrogen-bond acceptors (Lipinski definition) is 9. The minimum absolute atomic E-state index is 0.374. The average Bonchev–Trinajstić information content (AvgIpc) is 2.77. The Kier molecular flexibility index (Phi) is 6.60. The highest BCUT2D eigenvalue weighted by molar-refractivity contribution is 6.42. The fourth-order valence-corrected chi connectivity index (χ4v) is 3.28. The maximum atomic E-state index is 6.04. The summed E-state index contributed by atoms with van der Waals surface area (Å²) in [7, 11) is 0. The van der Waals surface area contributed by atoms with Gasteiger partial charge in [0.25, 0.3) is 0 Å². The lowest BCUT2D eigenvalue weighted by Gasteiger charge is -2.30. The van der Waals surface area contributed by atoms with Gasteiger partial charge in [0.2, 0.25) is 17.8 Å². The van der Waals surface area contributed by atoms with Crippen LogP contribution in [-0.2, 0) is 9.47 Å². The van der Waals surface area contributed by atoms with Gasteiger partial charge < -0.3 is 19.3 Å². The van der Waals surface area contributed by atoms with E-state index in [0.717, 1.165) is 31.7 Å². The summed E-state index contributed by atoms with van der Waals surface area (Å²) in [5, 5.41) is 5.21. The first-order valence-electron chi connectivity index (χ1n) is 9.34. The number of hydrogen-bond donors (Lipinski definition) is 1. The fraction of sp³-hybridized carbons (Fsp3) is 0.444. The van der Waals surface area contributed by atoms with E-state index in [1.54, 1.807) is 18.3 Å². The van der Waals surface area contributed by atoms with Crippen molar-refractivity contribution in [1.29, 1.82) is 0 Å². The molecule has 2 aromatic rings. The molecule has 3 heterocycles. The number of rotatable bonds is 5. The predicted octanol–water partition coefficient (Wildman–Crippen LogP) is 2.30. The van der Waals surface area contributed by atoms with Crippen molar-refractivity contribution in [2.45, 2.75) is 0 Å². The van der Waals surface area contributed by atoms with Crippen molar-refractivity contribution >= 4 is 47.3 Å². The topological polar surface area (TPSA) is 88.0 Å². The summed E-state index contributed by atoms with van der Waals surface area (Å²) in [5.41, 5.74) is 3.71. The summed E-state index contributed by atoms with van der Waals surface area (Å²) >= 11 is 12.0. The van der Waals surface area contributed by atoms with Crippen LogP contribution in [0.25, 0.3) is 0 Å². The van der Waals surface area contributed by atoms with Crippen molar-refractivity contribution in [1.82, 2.24) is 15.0 Å². The Balaban J connectivity index is 1.55. The van der Waals surface area contributed by atoms with E-state index < -0.39 is 0 Å². The molecule has 0 radical (unpaired) electrons. The minimum atomic E-state index is 0.374. The van der Waals surface area contributed by atoms with Crippen LogP contribution in [0.4, 0.5) is 17.8 Å². The molecule has 0 aliphatic carbocycles. The molecule has 29 heavy (non-hydrogen) atoms. The molecule has 0 spiro atoms. The van der Waals surface area contributed by atoms with Gasteiger partial charge >= 0.3 is 0 Å². The zero-order valence-electron chi connectivity index (χ0n) is 15.7. The van der Waals surface area contributed by atoms with E-state index >= 15 is 0 Å². The second kappa shape index (κ2) is 9.53. The van der Waals surface area contributed by atoms with Crippen molar-refractivity contribution in [3.05, 3.63) is 33.8 Å². The van der Waals surface area contributed by atoms with E-state index in [9.17, 15) is 0 Å². The van der Waals surface area contributed by atoms with Crippen LogP contribution >= 0.6 is 23.2 Å². The van der Waals surface area contributed by atoms with E-state index in [1.165, 1.54) is 0 Å². The first-order chi connectivity index (χ1) is 14.2. The Hall–Kier alpha value is -2.20. The van der Waals surface area contributed by atoms with Gasteiger partial charge in [0.05, 0.1) is 42.7 Å². The number of nitrogens with zero attached hydrogens (tertiary/aromatic N) is 6. The summed E-state index contributed by atoms with van der Waals surface area (Å²) < 4.78 is 10.9. The van der Waals surface area contributed by atoms with Gasteiger partial charge in [-0.25, -0.2) is 5.43 Å². The number of ether oxygens (including phenoxy) is 2. The van der Waals surface area contributed by atoms with E-state index in [2.05, 4.69) is 35.3 Å². The third-order valence-electron chi connectivity index (χ3n) is 4.52. The lowest BCUT2D eigenvalue weighted by atomic mass is 10.2. The van der Waals surface area contributed by atoms with Crippen molar-refractivity contribution in [2.24, 2.45) is 5.10 Å². The Labute approximate surface area is 178 Å². The summed E-state index contributed by atoms with van der Waals surface area (Å²) in [4.78, 5) is 17.9. The van der Waals surface area contributed by atoms with Gasteiger partial charge in [-0.1, -0.05) is 29.3 Å². The molecule has 0 saturated carbocycles. The zero-order chi connectivity index (χ0) is 20.1. The first kappa shape index (κ1) is 20.1. The van der Waals surface area contributed by atoms with Crippen LogP contribution in [-0.4, -0.2) is 73.8 Å². The number of nitrogens with one attached hydrogen (secondary N) is 1. The first-order valence-corrected chi connectivity index (χ1v) is 10.1. The number of anilines is 3. The molecule has 9 nitrogen and oxygen atoms in total. The van der Waals surface area contributed by atoms with E-state index in [1.807, 2.05) is 6.07 Å². The third-order valence-corrected chi connectivity index (χ3v) is 5.26. The van der Waals surface area contributed by atoms with Crippen LogP contribution in [0.3, 0.4) is 0 Å². The van der Waals surface area contributed by atoms with Gasteiger partial charge in [-0.2, -0.15) is 20.1 Å². The molecular weight excluding hydrogens is 417 g/mol. The highest BCUT2D eigenvalue weighted by Gasteiger charge is 2.20. The number of morpholine rings is 2. The number of benzene rings is 1. The average molecular weight is 438 g/mol. The molecular formula is C18H21Cl2N7O2. The molecule has 0 unspecified atom stereocenters. The molecule has 2 aliphatic rings. The SMILES string of the molecule is Clc1ccc(/C=N\Nc2nc(N3CCOCC3)nc(N3CCOCC3)n2)cc1Cl. The Morgan fingerprint density at radius 3 is 2.00 bits per heavy atom. The van der Waals surface area contributed by atoms with Crippen molar-refractivity contribution < 1.29 is 9.47 Å². The molecule has 1 N–H and O–H groups in total. The molecule has 11 heteroatoms. The molecule has 0 atom stereocenters. The van der Waals surface area contributed by atoms with Gasteiger partial charge in [0.1, 0.15) is 0 Å². The van der Waals surface area contributed by atoms with E-state index in [-0.39, 0.29) is 0 Å². The Morgan fingerprint density at radius 1 is 0.862 bits per heavy atom. The number of aromatic nitrogens is 3. The van der Waals surface area contributed by atoms with Crippen LogP contribution in [0.1, 0.15) is 5.56 Å². The zero-order valence-corrected chi connectivity index (χ0v) is 17.2. The second-order valence-electron chi connectivity index (χ2n) is 6.50. The van der Waals surface area contributed by atoms with Gasteiger partial charge in [-0.05, 0) is 17.7 Å². The number of hydrazone groups is 1. The summed E-state index contributed by atoms with van der Waals surface area (Å²) in [5.74, 6) is 1.59. The lowest BCUT2D eigenvalue weighted by Crippen LogP contribution is -2.40. The summed E-state index contributed by atoms with van der Waals surface area (Å²) in [6.07, 6.45) is 1.63. The monoisotopic (exact) mass is 437 g/mol. The van der Waals surface area contributed by atoms with Crippen LogP contribution in [0, 0.1) is 0 Å². The standard InChI is InChI=1S/C18H21Cl2N7O2/c19-14-2-1-13(11-15(14)20)12-21-25-16-22-17(26-3-7-28-8-4-26)24-18(23-16)27-5-9-29-10-6-27/h1-2,11-12H,3-10H2,(H,22,23,24,25)/b21-12-. The normalized spacial score (nSPS) is 17.7. The molecule has 1 aromatic carbocycles. The van der Waals surface area contributed by atoms with Crippen LogP contribution in [0.2, 0.25) is 10.0 Å². The molecule has 154 valence electrons. The van der Waals surface area contributed by atoms with Crippen molar-refractivity contribution in [3.8, 4) is 0 Å². The molecule has 1 aromatic heterocycles. The third kappa shape index (κ3) is 5.24. The highest BCUT2D eigenvalue weighted by atomic mass is 35.5. The quantitative estimate of drug-likeness (QED) is 0.562. The van der Waals surface area contributed by atoms with Crippen LogP contribution < -0.4 is 15.2 Å². The molecule has 0 bridgehead atoms. The lowest BCUT2D eigenvalue weighted by molar-refractivity contribution is 0.121. The highest BCUT2D eigenvalue weighted by Crippen LogP contribution is 2.22. The summed E-state index contributed by atoms with van der Waals surface area (Å²) in [6.45, 7) is 5.54. The van der Waals surface area contributed by atoms with Crippen LogP contribution in [0.5, 0.6) is 0 Å². The summed E-state index contributed by atoms with van der Waals surface area (Å²) in [6, 6.07) is 5.28. The van der Waals surface area contributed by atoms with E-state index in [4.69, 9.17) is 32.7 Å². The van der Waals surface area contributed by atoms with Crippen molar-refractivity contribution in [3.63, 3.8) is 0 Å². The molecule has 0 amide bonds. The smallest absolute Gasteiger partial charge is 0.250 e. The van der Waals surface area contributed by atoms with Crippen molar-refractivity contribution in [2.75, 3.05) is 67.8 Å². The molecule has 2 aliphatic heterocycles. The molecule has 2 fully saturated rings. The maximum Gasteiger partial charge on any atom is 0.250 e. The van der Waals surface area contributed by atoms with Gasteiger partial charge in [0.15, 0.2) is 0 Å².